The first-order valence-electron chi connectivity index (χ1n) is 7.74. The molecule has 0 bridgehead atoms. The van der Waals surface area contributed by atoms with Crippen LogP contribution in [0.3, 0.4) is 0 Å². The smallest absolute Gasteiger partial charge is 0.0313 e. The van der Waals surface area contributed by atoms with E-state index in [1.165, 1.54) is 12.1 Å². The molecule has 2 rings (SSSR count). The third kappa shape index (κ3) is 5.53. The predicted octanol–water partition coefficient (Wildman–Crippen LogP) is 1.87. The van der Waals surface area contributed by atoms with Crippen molar-refractivity contribution in [1.82, 2.24) is 4.90 Å². The summed E-state index contributed by atoms with van der Waals surface area (Å²) in [7, 11) is -3.79. The highest BCUT2D eigenvalue weighted by atomic mass is 32.8. The Bertz CT molecular complexity index is 908. The van der Waals surface area contributed by atoms with E-state index in [1.807, 2.05) is 19.0 Å². The van der Waals surface area contributed by atoms with Crippen molar-refractivity contribution >= 4 is 39.9 Å². The zero-order valence-corrected chi connectivity index (χ0v) is 17.6. The molecule has 5 nitrogen and oxygen atoms in total. The van der Waals surface area contributed by atoms with E-state index < -0.39 is 17.5 Å². The molecule has 0 aliphatic heterocycles. The van der Waals surface area contributed by atoms with E-state index in [-0.39, 0.29) is 15.8 Å². The molecular formula is C17H19NO4S4-2. The summed E-state index contributed by atoms with van der Waals surface area (Å²) in [5.74, 6) is 0. The number of rotatable bonds is 7. The summed E-state index contributed by atoms with van der Waals surface area (Å²) in [4.78, 5) is 2.16. The second-order valence-corrected chi connectivity index (χ2v) is 11.5. The number of nitrogens with zero attached hydrogens (tertiary/aromatic N) is 1. The summed E-state index contributed by atoms with van der Waals surface area (Å²) >= 11 is 9.24. The molecule has 0 saturated carbocycles. The molecule has 2 aromatic rings. The van der Waals surface area contributed by atoms with Crippen LogP contribution in [0.1, 0.15) is 11.1 Å². The van der Waals surface area contributed by atoms with Crippen molar-refractivity contribution < 1.29 is 17.5 Å². The molecule has 0 aliphatic rings. The Morgan fingerprint density at radius 2 is 1.19 bits per heavy atom. The Morgan fingerprint density at radius 1 is 0.846 bits per heavy atom. The zero-order valence-electron chi connectivity index (χ0n) is 14.3. The van der Waals surface area contributed by atoms with Crippen molar-refractivity contribution in [1.29, 1.82) is 0 Å². The molecule has 0 N–H and O–H groups in total. The van der Waals surface area contributed by atoms with Gasteiger partial charge in [0.1, 0.15) is 0 Å². The lowest BCUT2D eigenvalue weighted by atomic mass is 9.98. The maximum Gasteiger partial charge on any atom is 0.0313 e. The van der Waals surface area contributed by atoms with E-state index in [0.717, 1.165) is 0 Å². The van der Waals surface area contributed by atoms with E-state index >= 15 is 0 Å². The standard InChI is InChI=1S/C17H21NO4S4/c1-18(2)15(11-13-7-3-5-9-16(13)25(19,20)23)12-14-8-4-6-10-17(14)26(21,22)24/h3-10,15H,11-12H2,1-2H3,(H,19,20,23)(H,21,22,24)/p-2. The van der Waals surface area contributed by atoms with Gasteiger partial charge in [-0.05, 0) is 90.1 Å². The fraction of sp³-hybridized carbons (Fsp3) is 0.294. The van der Waals surface area contributed by atoms with Crippen LogP contribution < -0.4 is 0 Å². The van der Waals surface area contributed by atoms with Gasteiger partial charge in [0.05, 0.1) is 0 Å². The molecule has 2 aromatic carbocycles. The average Bonchev–Trinajstić information content (AvgIpc) is 2.53. The van der Waals surface area contributed by atoms with Gasteiger partial charge in [0.25, 0.3) is 0 Å². The van der Waals surface area contributed by atoms with Crippen LogP contribution in [0.2, 0.25) is 0 Å². The van der Waals surface area contributed by atoms with Crippen molar-refractivity contribution in [2.24, 2.45) is 0 Å². The predicted molar refractivity (Wildman–Crippen MR) is 107 cm³/mol. The fourth-order valence-corrected chi connectivity index (χ4v) is 5.19. The first-order valence-corrected chi connectivity index (χ1v) is 12.6. The van der Waals surface area contributed by atoms with Crippen LogP contribution in [0, 0.1) is 0 Å². The minimum Gasteiger partial charge on any atom is -0.766 e. The second-order valence-electron chi connectivity index (χ2n) is 6.15. The molecule has 9 heteroatoms. The van der Waals surface area contributed by atoms with E-state index in [1.54, 1.807) is 36.4 Å². The van der Waals surface area contributed by atoms with Gasteiger partial charge in [-0.3, -0.25) is 8.42 Å². The molecular weight excluding hydrogens is 410 g/mol. The number of hydrogen-bond acceptors (Lipinski definition) is 7. The van der Waals surface area contributed by atoms with Gasteiger partial charge in [-0.15, -0.1) is 0 Å². The van der Waals surface area contributed by atoms with Gasteiger partial charge in [0.2, 0.25) is 0 Å². The van der Waals surface area contributed by atoms with E-state index in [0.29, 0.717) is 24.0 Å². The molecule has 0 aliphatic carbocycles. The highest BCUT2D eigenvalue weighted by molar-refractivity contribution is 8.30. The van der Waals surface area contributed by atoms with Crippen molar-refractivity contribution in [3.8, 4) is 0 Å². The van der Waals surface area contributed by atoms with Gasteiger partial charge in [-0.25, -0.2) is 0 Å². The van der Waals surface area contributed by atoms with Gasteiger partial charge < -0.3 is 14.0 Å². The third-order valence-corrected chi connectivity index (χ3v) is 7.08. The normalized spacial score (nSPS) is 17.4. The summed E-state index contributed by atoms with van der Waals surface area (Å²) in [5.41, 5.74) is 1.22. The summed E-state index contributed by atoms with van der Waals surface area (Å²) in [5, 5.41) is 0. The molecule has 0 radical (unpaired) electrons. The molecule has 0 heterocycles. The van der Waals surface area contributed by atoms with E-state index in [4.69, 9.17) is 0 Å². The second kappa shape index (κ2) is 8.39. The molecule has 142 valence electrons. The highest BCUT2D eigenvalue weighted by Gasteiger charge is 2.18. The first-order chi connectivity index (χ1) is 12.0. The van der Waals surface area contributed by atoms with Crippen molar-refractivity contribution in [2.45, 2.75) is 28.7 Å². The number of benzene rings is 2. The lowest BCUT2D eigenvalue weighted by molar-refractivity contribution is 0.287. The van der Waals surface area contributed by atoms with E-state index in [2.05, 4.69) is 22.4 Å². The molecule has 0 spiro atoms. The minimum absolute atomic E-state index is 0.117. The molecule has 26 heavy (non-hydrogen) atoms. The van der Waals surface area contributed by atoms with Crippen LogP contribution in [0.25, 0.3) is 0 Å². The summed E-state index contributed by atoms with van der Waals surface area (Å²) in [6, 6.07) is 13.1. The van der Waals surface area contributed by atoms with Gasteiger partial charge >= 0.3 is 0 Å². The summed E-state index contributed by atoms with van der Waals surface area (Å²) in [6.07, 6.45) is 0.815. The Morgan fingerprint density at radius 3 is 1.50 bits per heavy atom. The Hall–Kier alpha value is -0.940. The maximum absolute atomic E-state index is 11.9. The van der Waals surface area contributed by atoms with Crippen LogP contribution in [-0.4, -0.2) is 42.6 Å². The van der Waals surface area contributed by atoms with Gasteiger partial charge in [0, 0.05) is 15.8 Å². The monoisotopic (exact) mass is 429 g/mol. The van der Waals surface area contributed by atoms with Gasteiger partial charge in [-0.1, -0.05) is 36.4 Å². The largest absolute Gasteiger partial charge is 0.766 e. The summed E-state index contributed by atoms with van der Waals surface area (Å²) < 4.78 is 47.4. The molecule has 0 aromatic heterocycles. The first kappa shape index (κ1) is 21.4. The van der Waals surface area contributed by atoms with Crippen molar-refractivity contribution in [3.05, 3.63) is 59.7 Å². The van der Waals surface area contributed by atoms with Crippen LogP contribution in [0.15, 0.2) is 58.3 Å². The Balaban J connectivity index is 2.40. The average molecular weight is 430 g/mol. The lowest BCUT2D eigenvalue weighted by Crippen LogP contribution is -2.33. The Labute approximate surface area is 164 Å². The molecule has 0 saturated heterocycles. The highest BCUT2D eigenvalue weighted by Crippen LogP contribution is 2.23. The number of hydrogen-bond donors (Lipinski definition) is 0. The van der Waals surface area contributed by atoms with Gasteiger partial charge in [-0.2, -0.15) is 0 Å². The quantitative estimate of drug-likeness (QED) is 0.664. The van der Waals surface area contributed by atoms with Crippen molar-refractivity contribution in [2.75, 3.05) is 14.1 Å². The molecule has 0 fully saturated rings. The molecule has 2 unspecified atom stereocenters. The Kier molecular flexibility index (Phi) is 6.89. The third-order valence-electron chi connectivity index (χ3n) is 4.13. The molecule has 0 amide bonds. The van der Waals surface area contributed by atoms with Crippen LogP contribution in [0.4, 0.5) is 0 Å². The van der Waals surface area contributed by atoms with Crippen LogP contribution >= 0.6 is 0 Å². The van der Waals surface area contributed by atoms with Crippen LogP contribution in [-0.2, 0) is 52.8 Å². The molecule has 2 atom stereocenters. The number of likely N-dealkylation sites (N-methyl/N-ethyl adjacent to an activating group) is 1. The fourth-order valence-electron chi connectivity index (χ4n) is 2.78. The van der Waals surface area contributed by atoms with E-state index in [9.17, 15) is 17.5 Å². The summed E-state index contributed by atoms with van der Waals surface area (Å²) in [6.45, 7) is 0. The maximum atomic E-state index is 11.9. The SMILES string of the molecule is CN(C)C(Cc1ccccc1S(=O)([O-])=S)Cc1ccccc1S(=O)([O-])=S. The van der Waals surface area contributed by atoms with Crippen LogP contribution in [0.5, 0.6) is 0 Å². The minimum atomic E-state index is -3.76. The topological polar surface area (TPSA) is 83.5 Å². The van der Waals surface area contributed by atoms with Crippen molar-refractivity contribution in [3.63, 3.8) is 0 Å². The zero-order chi connectivity index (χ0) is 19.5. The van der Waals surface area contributed by atoms with Gasteiger partial charge in [0.15, 0.2) is 0 Å². The lowest BCUT2D eigenvalue weighted by Gasteiger charge is -2.28.